The first kappa shape index (κ1) is 53.8. The summed E-state index contributed by atoms with van der Waals surface area (Å²) < 4.78 is 37.2. The van der Waals surface area contributed by atoms with E-state index in [1.54, 1.807) is 11.8 Å². The molecule has 11 heteroatoms. The first-order chi connectivity index (χ1) is 33.6. The summed E-state index contributed by atoms with van der Waals surface area (Å²) in [4.78, 5) is 25.3. The molecule has 0 saturated heterocycles. The Balaban J connectivity index is 0.000000221. The lowest BCUT2D eigenvalue weighted by Gasteiger charge is -2.20. The monoisotopic (exact) mass is 976 g/mol. The second-order valence-electron chi connectivity index (χ2n) is 15.7. The summed E-state index contributed by atoms with van der Waals surface area (Å²) in [6.07, 6.45) is 1.45. The number of carbonyl (C=O) groups is 2. The third-order valence-corrected chi connectivity index (χ3v) is 12.4. The van der Waals surface area contributed by atoms with Gasteiger partial charge >= 0.3 is 5.97 Å². The molecular formula is C59H58F2N2O5S2. The van der Waals surface area contributed by atoms with Crippen LogP contribution in [0, 0.1) is 11.6 Å². The molecule has 4 N–H and O–H groups in total. The number of nitrogens with one attached hydrogen (secondary N) is 1. The Morgan fingerprint density at radius 2 is 0.857 bits per heavy atom. The van der Waals surface area contributed by atoms with Crippen LogP contribution < -0.4 is 20.5 Å². The summed E-state index contributed by atoms with van der Waals surface area (Å²) in [7, 11) is 0. The maximum atomic E-state index is 13.2. The Hall–Kier alpha value is -7.18. The third kappa shape index (κ3) is 19.8. The van der Waals surface area contributed by atoms with Gasteiger partial charge in [0, 0.05) is 32.9 Å². The van der Waals surface area contributed by atoms with E-state index < -0.39 is 11.8 Å². The molecule has 0 spiro atoms. The Kier molecular flexibility index (Phi) is 22.8. The Bertz CT molecular complexity index is 2700. The number of rotatable bonds is 19. The number of amides is 1. The molecule has 0 radical (unpaired) electrons. The molecule has 0 fully saturated rings. The van der Waals surface area contributed by atoms with Gasteiger partial charge in [-0.15, -0.1) is 23.5 Å². The zero-order valence-corrected chi connectivity index (χ0v) is 39.5. The molecule has 0 saturated carbocycles. The van der Waals surface area contributed by atoms with Crippen LogP contribution in [0.5, 0.6) is 11.5 Å². The minimum atomic E-state index is -1.04. The number of benzene rings is 8. The predicted molar refractivity (Wildman–Crippen MR) is 282 cm³/mol. The number of carboxylic acids is 1. The molecule has 0 heterocycles. The van der Waals surface area contributed by atoms with E-state index in [1.807, 2.05) is 121 Å². The van der Waals surface area contributed by atoms with Crippen LogP contribution in [0.15, 0.2) is 228 Å². The van der Waals surface area contributed by atoms with E-state index in [4.69, 9.17) is 20.3 Å². The number of nitrogens with two attached hydrogens (primary N) is 1. The minimum absolute atomic E-state index is 0. The summed E-state index contributed by atoms with van der Waals surface area (Å²) in [5, 5.41) is 11.4. The number of ether oxygens (including phenoxy) is 2. The van der Waals surface area contributed by atoms with E-state index in [0.717, 1.165) is 47.1 Å². The Morgan fingerprint density at radius 3 is 1.27 bits per heavy atom. The molecule has 8 aromatic carbocycles. The molecule has 0 unspecified atom stereocenters. The van der Waals surface area contributed by atoms with Crippen molar-refractivity contribution in [2.24, 2.45) is 5.73 Å². The molecule has 0 aliphatic heterocycles. The van der Waals surface area contributed by atoms with E-state index in [0.29, 0.717) is 25.2 Å². The number of carboxylic acid groups (broad SMARTS) is 1. The van der Waals surface area contributed by atoms with Crippen LogP contribution in [0.3, 0.4) is 0 Å². The highest BCUT2D eigenvalue weighted by Gasteiger charge is 2.16. The topological polar surface area (TPSA) is 111 Å². The predicted octanol–water partition coefficient (Wildman–Crippen LogP) is 13.6. The molecule has 0 aliphatic rings. The van der Waals surface area contributed by atoms with Crippen molar-refractivity contribution in [1.82, 2.24) is 5.32 Å². The van der Waals surface area contributed by atoms with Crippen LogP contribution in [-0.2, 0) is 24.3 Å². The second-order valence-corrected chi connectivity index (χ2v) is 17.8. The van der Waals surface area contributed by atoms with Gasteiger partial charge in [-0.2, -0.15) is 0 Å². The fourth-order valence-corrected chi connectivity index (χ4v) is 8.34. The number of aromatic carboxylic acids is 1. The van der Waals surface area contributed by atoms with Crippen LogP contribution in [0.1, 0.15) is 50.4 Å². The van der Waals surface area contributed by atoms with Gasteiger partial charge in [-0.3, -0.25) is 4.79 Å². The van der Waals surface area contributed by atoms with Crippen molar-refractivity contribution < 1.29 is 33.0 Å². The lowest BCUT2D eigenvalue weighted by Crippen LogP contribution is -2.40. The highest BCUT2D eigenvalue weighted by molar-refractivity contribution is 7.98. The SMILES string of the molecule is C.N[C@H](COc1ccc(SCc2ccccc2)cc1)Cc1ccccc1.O=C(N[C@H](COc1ccc(SCc2ccccc2)cc1)Cc1ccccc1)c1ccc(F)cc1.O=C(O)c1ccc(F)cc1. The van der Waals surface area contributed by atoms with Crippen LogP contribution >= 0.6 is 23.5 Å². The van der Waals surface area contributed by atoms with Gasteiger partial charge in [-0.1, -0.05) is 129 Å². The summed E-state index contributed by atoms with van der Waals surface area (Å²) in [5.41, 5.74) is 11.6. The Morgan fingerprint density at radius 1 is 0.486 bits per heavy atom. The van der Waals surface area contributed by atoms with Crippen LogP contribution in [0.4, 0.5) is 8.78 Å². The van der Waals surface area contributed by atoms with E-state index in [-0.39, 0.29) is 36.8 Å². The smallest absolute Gasteiger partial charge is 0.335 e. The summed E-state index contributed by atoms with van der Waals surface area (Å²) in [5.74, 6) is 1.41. The second kappa shape index (κ2) is 29.7. The van der Waals surface area contributed by atoms with Gasteiger partial charge in [0.15, 0.2) is 0 Å². The van der Waals surface area contributed by atoms with Crippen LogP contribution in [-0.4, -0.2) is 42.3 Å². The highest BCUT2D eigenvalue weighted by atomic mass is 32.2. The zero-order chi connectivity index (χ0) is 48.5. The van der Waals surface area contributed by atoms with Gasteiger partial charge in [0.1, 0.15) is 36.3 Å². The summed E-state index contributed by atoms with van der Waals surface area (Å²) in [6.45, 7) is 0.837. The normalized spacial score (nSPS) is 11.2. The molecule has 7 nitrogen and oxygen atoms in total. The van der Waals surface area contributed by atoms with Crippen molar-refractivity contribution in [3.63, 3.8) is 0 Å². The molecule has 2 atom stereocenters. The average Bonchev–Trinajstić information content (AvgIpc) is 3.38. The fourth-order valence-electron chi connectivity index (χ4n) is 6.63. The van der Waals surface area contributed by atoms with Gasteiger partial charge in [-0.05, 0) is 132 Å². The standard InChI is InChI=1S/C29H26FNO2S.C22H23NOS.C7H5FO2.CH4/c30-25-13-11-24(12-14-25)29(32)31-26(19-22-7-3-1-4-8-22)20-33-27-15-17-28(18-16-27)34-21-23-9-5-2-6-10-23;23-20(15-18-7-3-1-4-8-18)16-24-21-11-13-22(14-12-21)25-17-19-9-5-2-6-10-19;8-6-3-1-5(2-4-6)7(9)10;/h1-18,26H,19-21H2,(H,31,32);1-14,20H,15-17,23H2;1-4H,(H,9,10);1H4/t26-;20-;;/m00../s1. The molecule has 0 aromatic heterocycles. The van der Waals surface area contributed by atoms with Gasteiger partial charge in [-0.25, -0.2) is 13.6 Å². The summed E-state index contributed by atoms with van der Waals surface area (Å²) >= 11 is 3.60. The molecule has 8 aromatic rings. The molecule has 0 aliphatic carbocycles. The van der Waals surface area contributed by atoms with Crippen molar-refractivity contribution >= 4 is 35.4 Å². The molecule has 70 heavy (non-hydrogen) atoms. The zero-order valence-electron chi connectivity index (χ0n) is 37.9. The number of thioether (sulfide) groups is 2. The number of halogens is 2. The first-order valence-electron chi connectivity index (χ1n) is 22.3. The van der Waals surface area contributed by atoms with Crippen molar-refractivity contribution in [1.29, 1.82) is 0 Å². The molecule has 8 rings (SSSR count). The fraction of sp³-hybridized carbons (Fsp3) is 0.153. The number of hydrogen-bond acceptors (Lipinski definition) is 7. The van der Waals surface area contributed by atoms with E-state index in [2.05, 4.69) is 66.0 Å². The van der Waals surface area contributed by atoms with Gasteiger partial charge in [0.25, 0.3) is 5.91 Å². The van der Waals surface area contributed by atoms with Crippen LogP contribution in [0.2, 0.25) is 0 Å². The largest absolute Gasteiger partial charge is 0.492 e. The van der Waals surface area contributed by atoms with Crippen molar-refractivity contribution in [2.45, 2.75) is 53.6 Å². The van der Waals surface area contributed by atoms with Gasteiger partial charge in [0.05, 0.1) is 11.6 Å². The van der Waals surface area contributed by atoms with Crippen molar-refractivity contribution in [3.05, 3.63) is 263 Å². The summed E-state index contributed by atoms with van der Waals surface area (Å²) in [6, 6.07) is 67.3. The molecular weight excluding hydrogens is 919 g/mol. The maximum Gasteiger partial charge on any atom is 0.335 e. The van der Waals surface area contributed by atoms with Crippen molar-refractivity contribution in [3.8, 4) is 11.5 Å². The highest BCUT2D eigenvalue weighted by Crippen LogP contribution is 2.26. The lowest BCUT2D eigenvalue weighted by molar-refractivity contribution is 0.0696. The number of carbonyl (C=O) groups excluding carboxylic acids is 1. The minimum Gasteiger partial charge on any atom is -0.492 e. The van der Waals surface area contributed by atoms with Crippen LogP contribution in [0.25, 0.3) is 0 Å². The first-order valence-corrected chi connectivity index (χ1v) is 24.3. The quantitative estimate of drug-likeness (QED) is 0.0687. The van der Waals surface area contributed by atoms with Crippen molar-refractivity contribution in [2.75, 3.05) is 13.2 Å². The molecule has 0 bridgehead atoms. The van der Waals surface area contributed by atoms with Gasteiger partial charge in [0.2, 0.25) is 0 Å². The van der Waals surface area contributed by atoms with E-state index in [1.165, 1.54) is 62.9 Å². The molecule has 360 valence electrons. The van der Waals surface area contributed by atoms with E-state index >= 15 is 0 Å². The third-order valence-electron chi connectivity index (χ3n) is 10.3. The number of hydrogen-bond donors (Lipinski definition) is 3. The Labute approximate surface area is 419 Å². The van der Waals surface area contributed by atoms with E-state index in [9.17, 15) is 18.4 Å². The molecule has 1 amide bonds. The average molecular weight is 977 g/mol. The van der Waals surface area contributed by atoms with Gasteiger partial charge < -0.3 is 25.6 Å². The lowest BCUT2D eigenvalue weighted by atomic mass is 10.1. The maximum absolute atomic E-state index is 13.2.